The minimum Gasteiger partial charge on any atom is -0.322 e. The number of halogens is 2. The minimum atomic E-state index is -4.38. The largest absolute Gasteiger partial charge is 0.322 e. The third kappa shape index (κ3) is 3.12. The van der Waals surface area contributed by atoms with Crippen molar-refractivity contribution in [3.63, 3.8) is 0 Å². The number of benzene rings is 3. The molecule has 154 valence electrons. The lowest BCUT2D eigenvalue weighted by molar-refractivity contribution is 0.102. The molecule has 30 heavy (non-hydrogen) atoms. The molecule has 0 aromatic heterocycles. The van der Waals surface area contributed by atoms with E-state index >= 15 is 0 Å². The van der Waals surface area contributed by atoms with E-state index < -0.39 is 43.2 Å². The Balaban J connectivity index is 1.72. The topological polar surface area (TPSA) is 101 Å². The molecule has 0 saturated carbocycles. The summed E-state index contributed by atoms with van der Waals surface area (Å²) in [5.74, 6) is -2.85. The average Bonchev–Trinajstić information content (AvgIpc) is 2.84. The molecule has 0 bridgehead atoms. The zero-order valence-electron chi connectivity index (χ0n) is 14.9. The van der Waals surface area contributed by atoms with Gasteiger partial charge in [-0.05, 0) is 42.5 Å². The lowest BCUT2D eigenvalue weighted by atomic mass is 10.2. The number of amides is 1. The number of anilines is 2. The van der Waals surface area contributed by atoms with Gasteiger partial charge < -0.3 is 5.32 Å². The highest BCUT2D eigenvalue weighted by atomic mass is 32.3. The predicted molar refractivity (Wildman–Crippen MR) is 104 cm³/mol. The van der Waals surface area contributed by atoms with Crippen LogP contribution >= 0.6 is 0 Å². The number of sulfonamides is 2. The van der Waals surface area contributed by atoms with Crippen molar-refractivity contribution in [2.75, 3.05) is 9.03 Å². The van der Waals surface area contributed by atoms with E-state index in [0.717, 1.165) is 18.2 Å². The van der Waals surface area contributed by atoms with Crippen LogP contribution in [0.25, 0.3) is 0 Å². The Hall–Kier alpha value is -3.31. The van der Waals surface area contributed by atoms with E-state index in [1.54, 1.807) is 0 Å². The monoisotopic (exact) mass is 450 g/mol. The van der Waals surface area contributed by atoms with Gasteiger partial charge in [0.2, 0.25) is 0 Å². The van der Waals surface area contributed by atoms with Gasteiger partial charge >= 0.3 is 0 Å². The summed E-state index contributed by atoms with van der Waals surface area (Å²) in [5, 5.41) is 2.34. The van der Waals surface area contributed by atoms with Gasteiger partial charge in [-0.3, -0.25) is 4.79 Å². The Labute approximate surface area is 170 Å². The zero-order valence-corrected chi connectivity index (χ0v) is 16.5. The van der Waals surface area contributed by atoms with Crippen LogP contribution in [-0.2, 0) is 20.0 Å². The first-order valence-electron chi connectivity index (χ1n) is 8.38. The SMILES string of the molecule is O=C(Nc1cccc(N2S(=O)(=O)c3ccccc3S2(=O)=O)c1)c1ccc(F)cc1F. The number of nitrogens with one attached hydrogen (secondary N) is 1. The van der Waals surface area contributed by atoms with Crippen LogP contribution in [0.1, 0.15) is 10.4 Å². The predicted octanol–water partition coefficient (Wildman–Crippen LogP) is 3.11. The smallest absolute Gasteiger partial charge is 0.279 e. The minimum absolute atomic E-state index is 0.0163. The van der Waals surface area contributed by atoms with Crippen LogP contribution in [0, 0.1) is 11.6 Å². The second kappa shape index (κ2) is 6.89. The molecule has 3 aromatic carbocycles. The fraction of sp³-hybridized carbons (Fsp3) is 0. The van der Waals surface area contributed by atoms with Crippen LogP contribution in [0.15, 0.2) is 76.5 Å². The van der Waals surface area contributed by atoms with E-state index in [4.69, 9.17) is 0 Å². The number of carbonyl (C=O) groups is 1. The summed E-state index contributed by atoms with van der Waals surface area (Å²) >= 11 is 0. The van der Waals surface area contributed by atoms with E-state index in [1.165, 1.54) is 42.5 Å². The second-order valence-corrected chi connectivity index (χ2v) is 10.0. The Kier molecular flexibility index (Phi) is 4.59. The molecule has 0 saturated heterocycles. The van der Waals surface area contributed by atoms with Gasteiger partial charge in [0.05, 0.1) is 11.3 Å². The zero-order chi connectivity index (χ0) is 21.7. The standard InChI is InChI=1S/C19H12F2N2O5S2/c20-12-8-9-15(16(21)10-12)19(24)22-13-4-3-5-14(11-13)23-29(25,26)17-6-1-2-7-18(17)30(23,27)28/h1-11H,(H,22,24). The van der Waals surface area contributed by atoms with Crippen molar-refractivity contribution >= 4 is 37.3 Å². The summed E-state index contributed by atoms with van der Waals surface area (Å²) < 4.78 is 78.3. The molecule has 0 aliphatic carbocycles. The van der Waals surface area contributed by atoms with Gasteiger partial charge in [0.25, 0.3) is 26.0 Å². The highest BCUT2D eigenvalue weighted by Crippen LogP contribution is 2.40. The molecule has 1 N–H and O–H groups in total. The normalized spacial score (nSPS) is 16.1. The molecule has 1 aliphatic rings. The lowest BCUT2D eigenvalue weighted by Gasteiger charge is -2.17. The third-order valence-electron chi connectivity index (χ3n) is 4.33. The molecular formula is C19H12F2N2O5S2. The molecule has 1 heterocycles. The molecule has 0 spiro atoms. The summed E-state index contributed by atoms with van der Waals surface area (Å²) in [5.41, 5.74) is -0.651. The van der Waals surface area contributed by atoms with Crippen LogP contribution in [0.4, 0.5) is 20.2 Å². The van der Waals surface area contributed by atoms with Crippen molar-refractivity contribution in [1.29, 1.82) is 0 Å². The molecule has 11 heteroatoms. The second-order valence-electron chi connectivity index (χ2n) is 6.28. The van der Waals surface area contributed by atoms with E-state index in [9.17, 15) is 30.4 Å². The number of hydrogen-bond donors (Lipinski definition) is 1. The fourth-order valence-corrected chi connectivity index (χ4v) is 7.46. The van der Waals surface area contributed by atoms with Gasteiger partial charge in [0.1, 0.15) is 21.4 Å². The molecule has 1 aliphatic heterocycles. The molecule has 3 aromatic rings. The Morgan fingerprint density at radius 2 is 1.43 bits per heavy atom. The molecule has 7 nitrogen and oxygen atoms in total. The first-order chi connectivity index (χ1) is 14.1. The molecule has 0 unspecified atom stereocenters. The van der Waals surface area contributed by atoms with Gasteiger partial charge in [-0.25, -0.2) is 8.78 Å². The summed E-state index contributed by atoms with van der Waals surface area (Å²) in [4.78, 5) is 11.6. The van der Waals surface area contributed by atoms with Crippen LogP contribution in [0.3, 0.4) is 0 Å². The Morgan fingerprint density at radius 3 is 2.03 bits per heavy atom. The van der Waals surface area contributed by atoms with Crippen molar-refractivity contribution in [2.24, 2.45) is 0 Å². The van der Waals surface area contributed by atoms with Gasteiger partial charge in [0, 0.05) is 11.8 Å². The molecule has 4 rings (SSSR count). The maximum atomic E-state index is 13.8. The first kappa shape index (κ1) is 20.0. The van der Waals surface area contributed by atoms with Crippen molar-refractivity contribution in [2.45, 2.75) is 9.79 Å². The maximum absolute atomic E-state index is 13.8. The highest BCUT2D eigenvalue weighted by molar-refractivity contribution is 8.12. The van der Waals surface area contributed by atoms with Gasteiger partial charge in [-0.1, -0.05) is 18.2 Å². The van der Waals surface area contributed by atoms with Crippen molar-refractivity contribution in [3.05, 3.63) is 83.9 Å². The first-order valence-corrected chi connectivity index (χ1v) is 11.3. The number of fused-ring (bicyclic) bond motifs is 1. The van der Waals surface area contributed by atoms with Gasteiger partial charge in [-0.15, -0.1) is 0 Å². The summed E-state index contributed by atoms with van der Waals surface area (Å²) in [6.07, 6.45) is 0. The number of carbonyl (C=O) groups excluding carboxylic acids is 1. The van der Waals surface area contributed by atoms with Crippen LogP contribution in [0.5, 0.6) is 0 Å². The number of nitrogens with zero attached hydrogens (tertiary/aromatic N) is 1. The van der Waals surface area contributed by atoms with E-state index in [-0.39, 0.29) is 24.9 Å². The van der Waals surface area contributed by atoms with E-state index in [2.05, 4.69) is 5.32 Å². The van der Waals surface area contributed by atoms with Crippen molar-refractivity contribution in [3.8, 4) is 0 Å². The molecule has 0 fully saturated rings. The van der Waals surface area contributed by atoms with Gasteiger partial charge in [0.15, 0.2) is 0 Å². The Morgan fingerprint density at radius 1 is 0.800 bits per heavy atom. The van der Waals surface area contributed by atoms with Crippen molar-refractivity contribution in [1.82, 2.24) is 0 Å². The van der Waals surface area contributed by atoms with Crippen LogP contribution in [-0.4, -0.2) is 22.7 Å². The van der Waals surface area contributed by atoms with Crippen LogP contribution < -0.4 is 9.03 Å². The summed E-state index contributed by atoms with van der Waals surface area (Å²) in [6.45, 7) is 0. The highest BCUT2D eigenvalue weighted by Gasteiger charge is 2.47. The van der Waals surface area contributed by atoms with E-state index in [0.29, 0.717) is 6.07 Å². The van der Waals surface area contributed by atoms with E-state index in [1.807, 2.05) is 0 Å². The fourth-order valence-electron chi connectivity index (χ4n) is 3.03. The molecular weight excluding hydrogens is 438 g/mol. The summed E-state index contributed by atoms with van der Waals surface area (Å²) in [7, 11) is -8.77. The number of rotatable bonds is 3. The average molecular weight is 450 g/mol. The lowest BCUT2D eigenvalue weighted by Crippen LogP contribution is -2.30. The molecule has 0 atom stereocenters. The summed E-state index contributed by atoms with van der Waals surface area (Å²) in [6, 6.07) is 12.7. The Bertz CT molecular complexity index is 1350. The van der Waals surface area contributed by atoms with Crippen molar-refractivity contribution < 1.29 is 30.4 Å². The molecule has 1 amide bonds. The van der Waals surface area contributed by atoms with Crippen LogP contribution in [0.2, 0.25) is 0 Å². The third-order valence-corrected chi connectivity index (χ3v) is 8.76. The molecule has 0 radical (unpaired) electrons. The number of hydrogen-bond acceptors (Lipinski definition) is 5. The quantitative estimate of drug-likeness (QED) is 0.661. The van der Waals surface area contributed by atoms with Gasteiger partial charge in [-0.2, -0.15) is 20.5 Å². The maximum Gasteiger partial charge on any atom is 0.279 e.